The molecule has 126 valence electrons. The lowest BCUT2D eigenvalue weighted by Gasteiger charge is -2.06. The van der Waals surface area contributed by atoms with Crippen molar-refractivity contribution in [3.8, 4) is 11.4 Å². The summed E-state index contributed by atoms with van der Waals surface area (Å²) in [6.07, 6.45) is 4.31. The second kappa shape index (κ2) is 7.57. The summed E-state index contributed by atoms with van der Waals surface area (Å²) in [6, 6.07) is 3.87. The van der Waals surface area contributed by atoms with Crippen molar-refractivity contribution in [3.05, 3.63) is 36.2 Å². The minimum Gasteiger partial charge on any atom is -0.339 e. The maximum absolute atomic E-state index is 5.27. The molecule has 24 heavy (non-hydrogen) atoms. The third kappa shape index (κ3) is 3.81. The molecule has 3 aromatic heterocycles. The summed E-state index contributed by atoms with van der Waals surface area (Å²) in [5, 5.41) is 13.5. The first-order chi connectivity index (χ1) is 11.7. The molecule has 0 saturated carbocycles. The van der Waals surface area contributed by atoms with Gasteiger partial charge in [0.1, 0.15) is 0 Å². The summed E-state index contributed by atoms with van der Waals surface area (Å²) in [6.45, 7) is 7.12. The van der Waals surface area contributed by atoms with Crippen molar-refractivity contribution in [2.75, 3.05) is 0 Å². The summed E-state index contributed by atoms with van der Waals surface area (Å²) in [7, 11) is 0. The number of hydrogen-bond donors (Lipinski definition) is 0. The Balaban J connectivity index is 1.72. The monoisotopic (exact) mass is 344 g/mol. The van der Waals surface area contributed by atoms with Crippen LogP contribution in [0, 0.1) is 5.92 Å². The van der Waals surface area contributed by atoms with Crippen LogP contribution in [0.3, 0.4) is 0 Å². The van der Waals surface area contributed by atoms with E-state index in [0.717, 1.165) is 29.5 Å². The summed E-state index contributed by atoms with van der Waals surface area (Å²) in [5.41, 5.74) is 1.00. The molecule has 0 spiro atoms. The maximum atomic E-state index is 5.27. The molecule has 0 fully saturated rings. The highest BCUT2D eigenvalue weighted by molar-refractivity contribution is 7.98. The molecule has 0 aliphatic carbocycles. The van der Waals surface area contributed by atoms with Gasteiger partial charge in [-0.15, -0.1) is 10.2 Å². The molecule has 7 nitrogen and oxygen atoms in total. The fourth-order valence-electron chi connectivity index (χ4n) is 2.31. The van der Waals surface area contributed by atoms with Crippen LogP contribution in [0.5, 0.6) is 0 Å². The van der Waals surface area contributed by atoms with E-state index in [4.69, 9.17) is 4.52 Å². The van der Waals surface area contributed by atoms with Crippen LogP contribution in [-0.2, 0) is 18.7 Å². The largest absolute Gasteiger partial charge is 0.339 e. The average Bonchev–Trinajstić information content (AvgIpc) is 3.19. The first kappa shape index (κ1) is 16.6. The molecule has 3 heterocycles. The Morgan fingerprint density at radius 3 is 2.71 bits per heavy atom. The van der Waals surface area contributed by atoms with Gasteiger partial charge >= 0.3 is 0 Å². The fourth-order valence-corrected chi connectivity index (χ4v) is 3.15. The minimum absolute atomic E-state index is 0.497. The van der Waals surface area contributed by atoms with Gasteiger partial charge in [0.25, 0.3) is 0 Å². The topological polar surface area (TPSA) is 82.5 Å². The highest BCUT2D eigenvalue weighted by Crippen LogP contribution is 2.25. The number of pyridine rings is 1. The van der Waals surface area contributed by atoms with Crippen LogP contribution < -0.4 is 0 Å². The van der Waals surface area contributed by atoms with Crippen LogP contribution in [0.15, 0.2) is 34.2 Å². The lowest BCUT2D eigenvalue weighted by atomic mass is 10.1. The van der Waals surface area contributed by atoms with Crippen molar-refractivity contribution in [2.45, 2.75) is 44.6 Å². The summed E-state index contributed by atoms with van der Waals surface area (Å²) in [4.78, 5) is 8.46. The third-order valence-electron chi connectivity index (χ3n) is 3.39. The van der Waals surface area contributed by atoms with E-state index in [0.29, 0.717) is 23.4 Å². The van der Waals surface area contributed by atoms with E-state index in [1.165, 1.54) is 0 Å². The van der Waals surface area contributed by atoms with E-state index < -0.39 is 0 Å². The third-order valence-corrected chi connectivity index (χ3v) is 4.36. The van der Waals surface area contributed by atoms with E-state index in [-0.39, 0.29) is 0 Å². The zero-order chi connectivity index (χ0) is 16.9. The molecular formula is C16H20N6OS. The van der Waals surface area contributed by atoms with Gasteiger partial charge < -0.3 is 9.09 Å². The van der Waals surface area contributed by atoms with Crippen LogP contribution in [-0.4, -0.2) is 29.9 Å². The quantitative estimate of drug-likeness (QED) is 0.608. The van der Waals surface area contributed by atoms with Crippen LogP contribution >= 0.6 is 11.8 Å². The molecule has 8 heteroatoms. The van der Waals surface area contributed by atoms with Gasteiger partial charge in [-0.3, -0.25) is 4.98 Å². The van der Waals surface area contributed by atoms with Gasteiger partial charge in [-0.1, -0.05) is 30.8 Å². The standard InChI is InChI=1S/C16H20N6OS/c1-4-22-15(12-5-7-17-8-6-12)19-20-16(22)24-10-13-18-14(23-21-13)9-11(2)3/h5-8,11H,4,9-10H2,1-3H3. The predicted molar refractivity (Wildman–Crippen MR) is 91.3 cm³/mol. The second-order valence-corrected chi connectivity index (χ2v) is 6.72. The van der Waals surface area contributed by atoms with E-state index >= 15 is 0 Å². The molecule has 0 N–H and O–H groups in total. The van der Waals surface area contributed by atoms with Crippen molar-refractivity contribution < 1.29 is 4.52 Å². The number of rotatable bonds is 7. The fraction of sp³-hybridized carbons (Fsp3) is 0.438. The van der Waals surface area contributed by atoms with Gasteiger partial charge in [0, 0.05) is 30.9 Å². The van der Waals surface area contributed by atoms with Gasteiger partial charge in [0.2, 0.25) is 5.89 Å². The Bertz CT molecular complexity index is 783. The molecule has 0 saturated heterocycles. The molecular weight excluding hydrogens is 324 g/mol. The Morgan fingerprint density at radius 1 is 1.21 bits per heavy atom. The Kier molecular flexibility index (Phi) is 5.24. The molecule has 0 unspecified atom stereocenters. The second-order valence-electron chi connectivity index (χ2n) is 5.78. The van der Waals surface area contributed by atoms with E-state index in [1.807, 2.05) is 12.1 Å². The lowest BCUT2D eigenvalue weighted by molar-refractivity contribution is 0.360. The molecule has 0 aliphatic heterocycles. The van der Waals surface area contributed by atoms with Crippen LogP contribution in [0.1, 0.15) is 32.5 Å². The Labute approximate surface area is 144 Å². The number of aromatic nitrogens is 6. The molecule has 0 amide bonds. The van der Waals surface area contributed by atoms with Gasteiger partial charge in [-0.25, -0.2) is 0 Å². The van der Waals surface area contributed by atoms with Crippen molar-refractivity contribution in [1.82, 2.24) is 29.9 Å². The minimum atomic E-state index is 0.497. The van der Waals surface area contributed by atoms with Crippen molar-refractivity contribution in [2.24, 2.45) is 5.92 Å². The van der Waals surface area contributed by atoms with Crippen LogP contribution in [0.4, 0.5) is 0 Å². The van der Waals surface area contributed by atoms with Crippen molar-refractivity contribution >= 4 is 11.8 Å². The van der Waals surface area contributed by atoms with Crippen molar-refractivity contribution in [1.29, 1.82) is 0 Å². The molecule has 3 aromatic rings. The zero-order valence-corrected chi connectivity index (χ0v) is 14.8. The van der Waals surface area contributed by atoms with Gasteiger partial charge in [0.05, 0.1) is 5.75 Å². The average molecular weight is 344 g/mol. The number of thioether (sulfide) groups is 1. The van der Waals surface area contributed by atoms with E-state index in [1.54, 1.807) is 24.2 Å². The van der Waals surface area contributed by atoms with Gasteiger partial charge in [0.15, 0.2) is 16.8 Å². The first-order valence-electron chi connectivity index (χ1n) is 7.95. The van der Waals surface area contributed by atoms with Crippen LogP contribution in [0.2, 0.25) is 0 Å². The Morgan fingerprint density at radius 2 is 2.00 bits per heavy atom. The van der Waals surface area contributed by atoms with Crippen LogP contribution in [0.25, 0.3) is 11.4 Å². The number of nitrogens with zero attached hydrogens (tertiary/aromatic N) is 6. The van der Waals surface area contributed by atoms with Gasteiger partial charge in [-0.05, 0) is 25.0 Å². The highest BCUT2D eigenvalue weighted by Gasteiger charge is 2.15. The SMILES string of the molecule is CCn1c(SCc2noc(CC(C)C)n2)nnc1-c1ccncc1. The molecule has 0 atom stereocenters. The van der Waals surface area contributed by atoms with E-state index in [9.17, 15) is 0 Å². The number of hydrogen-bond acceptors (Lipinski definition) is 7. The Hall–Kier alpha value is -2.22. The maximum Gasteiger partial charge on any atom is 0.226 e. The van der Waals surface area contributed by atoms with Gasteiger partial charge in [-0.2, -0.15) is 4.98 Å². The normalized spacial score (nSPS) is 11.3. The lowest BCUT2D eigenvalue weighted by Crippen LogP contribution is -2.00. The zero-order valence-electron chi connectivity index (χ0n) is 14.0. The first-order valence-corrected chi connectivity index (χ1v) is 8.93. The van der Waals surface area contributed by atoms with E-state index in [2.05, 4.69) is 50.7 Å². The molecule has 0 radical (unpaired) electrons. The molecule has 0 aliphatic rings. The molecule has 3 rings (SSSR count). The smallest absolute Gasteiger partial charge is 0.226 e. The summed E-state index contributed by atoms with van der Waals surface area (Å²) in [5.74, 6) is 3.32. The van der Waals surface area contributed by atoms with Crippen molar-refractivity contribution in [3.63, 3.8) is 0 Å². The molecule has 0 aromatic carbocycles. The molecule has 0 bridgehead atoms. The highest BCUT2D eigenvalue weighted by atomic mass is 32.2. The summed E-state index contributed by atoms with van der Waals surface area (Å²) >= 11 is 1.56. The summed E-state index contributed by atoms with van der Waals surface area (Å²) < 4.78 is 7.35. The predicted octanol–water partition coefficient (Wildman–Crippen LogP) is 3.23.